The minimum atomic E-state index is 0.00415. The number of nitrogens with zero attached hydrogens (tertiary/aromatic N) is 7. The van der Waals surface area contributed by atoms with E-state index in [9.17, 15) is 4.79 Å². The minimum Gasteiger partial charge on any atom is -0.337 e. The SMILES string of the molecule is Cn1ccc(C(=O)N2CC[C@H](Cc3cc(-c4nccn4C)ncn3)C2)n1. The van der Waals surface area contributed by atoms with Gasteiger partial charge in [-0.3, -0.25) is 9.48 Å². The normalized spacial score (nSPS) is 17.0. The molecular formula is C18H21N7O. The van der Waals surface area contributed by atoms with E-state index in [1.165, 1.54) is 0 Å². The molecule has 0 aromatic carbocycles. The molecule has 0 unspecified atom stereocenters. The van der Waals surface area contributed by atoms with Crippen molar-refractivity contribution in [3.8, 4) is 11.5 Å². The summed E-state index contributed by atoms with van der Waals surface area (Å²) in [5.74, 6) is 1.23. The van der Waals surface area contributed by atoms with Crippen LogP contribution in [0.4, 0.5) is 0 Å². The average molecular weight is 351 g/mol. The zero-order valence-electron chi connectivity index (χ0n) is 14.9. The Morgan fingerprint density at radius 2 is 2.12 bits per heavy atom. The van der Waals surface area contributed by atoms with Crippen molar-refractivity contribution in [3.63, 3.8) is 0 Å². The van der Waals surface area contributed by atoms with Gasteiger partial charge in [0.25, 0.3) is 5.91 Å². The molecule has 0 aliphatic carbocycles. The first-order valence-electron chi connectivity index (χ1n) is 8.67. The van der Waals surface area contributed by atoms with E-state index in [1.54, 1.807) is 29.5 Å². The summed E-state index contributed by atoms with van der Waals surface area (Å²) in [6.07, 6.45) is 8.84. The van der Waals surface area contributed by atoms with Crippen molar-refractivity contribution in [3.05, 3.63) is 48.4 Å². The largest absolute Gasteiger partial charge is 0.337 e. The number of carbonyl (C=O) groups is 1. The van der Waals surface area contributed by atoms with E-state index in [0.29, 0.717) is 11.6 Å². The number of amides is 1. The molecular weight excluding hydrogens is 330 g/mol. The van der Waals surface area contributed by atoms with Crippen LogP contribution < -0.4 is 0 Å². The van der Waals surface area contributed by atoms with Gasteiger partial charge in [0.15, 0.2) is 5.82 Å². The van der Waals surface area contributed by atoms with Gasteiger partial charge in [-0.05, 0) is 30.9 Å². The Kier molecular flexibility index (Phi) is 4.24. The molecule has 3 aromatic heterocycles. The first-order chi connectivity index (χ1) is 12.6. The molecule has 1 atom stereocenters. The summed E-state index contributed by atoms with van der Waals surface area (Å²) in [7, 11) is 3.76. The van der Waals surface area contributed by atoms with E-state index < -0.39 is 0 Å². The Hall–Kier alpha value is -3.03. The lowest BCUT2D eigenvalue weighted by molar-refractivity contribution is 0.0780. The molecule has 0 saturated carbocycles. The summed E-state index contributed by atoms with van der Waals surface area (Å²) in [5, 5.41) is 4.21. The highest BCUT2D eigenvalue weighted by Crippen LogP contribution is 2.23. The van der Waals surface area contributed by atoms with Crippen LogP contribution in [0.15, 0.2) is 37.1 Å². The Bertz CT molecular complexity index is 929. The molecule has 8 heteroatoms. The van der Waals surface area contributed by atoms with Gasteiger partial charge in [0.1, 0.15) is 17.7 Å². The quantitative estimate of drug-likeness (QED) is 0.708. The summed E-state index contributed by atoms with van der Waals surface area (Å²) in [4.78, 5) is 27.5. The maximum Gasteiger partial charge on any atom is 0.274 e. The summed E-state index contributed by atoms with van der Waals surface area (Å²) in [5.41, 5.74) is 2.31. The molecule has 134 valence electrons. The highest BCUT2D eigenvalue weighted by Gasteiger charge is 2.28. The van der Waals surface area contributed by atoms with Gasteiger partial charge in [-0.2, -0.15) is 5.10 Å². The zero-order chi connectivity index (χ0) is 18.1. The number of aryl methyl sites for hydroxylation is 2. The predicted octanol–water partition coefficient (Wildman–Crippen LogP) is 1.32. The maximum atomic E-state index is 12.5. The Balaban J connectivity index is 1.43. The molecule has 0 spiro atoms. The second-order valence-electron chi connectivity index (χ2n) is 6.74. The highest BCUT2D eigenvalue weighted by atomic mass is 16.2. The van der Waals surface area contributed by atoms with Crippen molar-refractivity contribution >= 4 is 5.91 Å². The molecule has 3 aromatic rings. The molecule has 1 aliphatic heterocycles. The van der Waals surface area contributed by atoms with E-state index in [4.69, 9.17) is 0 Å². The van der Waals surface area contributed by atoms with Crippen molar-refractivity contribution < 1.29 is 4.79 Å². The van der Waals surface area contributed by atoms with E-state index in [1.807, 2.05) is 35.8 Å². The average Bonchev–Trinajstić information content (AvgIpc) is 3.36. The van der Waals surface area contributed by atoms with Crippen LogP contribution in [0, 0.1) is 5.92 Å². The third-order valence-corrected chi connectivity index (χ3v) is 4.78. The van der Waals surface area contributed by atoms with Crippen LogP contribution >= 0.6 is 0 Å². The molecule has 1 aliphatic rings. The number of likely N-dealkylation sites (tertiary alicyclic amines) is 1. The third kappa shape index (κ3) is 3.22. The molecule has 1 saturated heterocycles. The molecule has 4 heterocycles. The molecule has 8 nitrogen and oxygen atoms in total. The molecule has 1 amide bonds. The lowest BCUT2D eigenvalue weighted by atomic mass is 10.0. The first-order valence-corrected chi connectivity index (χ1v) is 8.67. The lowest BCUT2D eigenvalue weighted by Gasteiger charge is -2.15. The van der Waals surface area contributed by atoms with Gasteiger partial charge >= 0.3 is 0 Å². The van der Waals surface area contributed by atoms with Crippen molar-refractivity contribution in [1.29, 1.82) is 0 Å². The highest BCUT2D eigenvalue weighted by molar-refractivity contribution is 5.92. The zero-order valence-corrected chi connectivity index (χ0v) is 14.9. The van der Waals surface area contributed by atoms with Crippen molar-refractivity contribution in [1.82, 2.24) is 34.2 Å². The Morgan fingerprint density at radius 3 is 2.85 bits per heavy atom. The van der Waals surface area contributed by atoms with Gasteiger partial charge in [-0.1, -0.05) is 0 Å². The summed E-state index contributed by atoms with van der Waals surface area (Å²) in [6, 6.07) is 3.75. The summed E-state index contributed by atoms with van der Waals surface area (Å²) >= 11 is 0. The predicted molar refractivity (Wildman–Crippen MR) is 95.2 cm³/mol. The Labute approximate surface area is 151 Å². The van der Waals surface area contributed by atoms with E-state index >= 15 is 0 Å². The van der Waals surface area contributed by atoms with Gasteiger partial charge in [0.05, 0.1) is 0 Å². The van der Waals surface area contributed by atoms with Gasteiger partial charge in [0, 0.05) is 51.5 Å². The van der Waals surface area contributed by atoms with Crippen LogP contribution in [-0.2, 0) is 20.5 Å². The number of imidazole rings is 1. The van der Waals surface area contributed by atoms with Crippen LogP contribution in [0.25, 0.3) is 11.5 Å². The first kappa shape index (κ1) is 16.4. The van der Waals surface area contributed by atoms with Crippen molar-refractivity contribution in [2.45, 2.75) is 12.8 Å². The van der Waals surface area contributed by atoms with E-state index in [0.717, 1.165) is 43.1 Å². The summed E-state index contributed by atoms with van der Waals surface area (Å²) in [6.45, 7) is 1.49. The van der Waals surface area contributed by atoms with Gasteiger partial charge in [0.2, 0.25) is 0 Å². The van der Waals surface area contributed by atoms with Crippen LogP contribution in [0.3, 0.4) is 0 Å². The van der Waals surface area contributed by atoms with Gasteiger partial charge in [-0.15, -0.1) is 0 Å². The van der Waals surface area contributed by atoms with Crippen molar-refractivity contribution in [2.24, 2.45) is 20.0 Å². The van der Waals surface area contributed by atoms with E-state index in [-0.39, 0.29) is 5.91 Å². The molecule has 0 N–H and O–H groups in total. The monoisotopic (exact) mass is 351 g/mol. The third-order valence-electron chi connectivity index (χ3n) is 4.78. The van der Waals surface area contributed by atoms with Crippen LogP contribution in [0.1, 0.15) is 22.6 Å². The fourth-order valence-corrected chi connectivity index (χ4v) is 3.41. The molecule has 4 rings (SSSR count). The van der Waals surface area contributed by atoms with Gasteiger partial charge < -0.3 is 9.47 Å². The molecule has 26 heavy (non-hydrogen) atoms. The Morgan fingerprint density at radius 1 is 1.23 bits per heavy atom. The van der Waals surface area contributed by atoms with Crippen LogP contribution in [-0.4, -0.2) is 53.2 Å². The number of rotatable bonds is 4. The molecule has 0 bridgehead atoms. The smallest absolute Gasteiger partial charge is 0.274 e. The molecule has 0 radical (unpaired) electrons. The summed E-state index contributed by atoms with van der Waals surface area (Å²) < 4.78 is 3.59. The maximum absolute atomic E-state index is 12.5. The minimum absolute atomic E-state index is 0.00415. The van der Waals surface area contributed by atoms with Crippen LogP contribution in [0.5, 0.6) is 0 Å². The number of carbonyl (C=O) groups excluding carboxylic acids is 1. The number of hydrogen-bond acceptors (Lipinski definition) is 5. The number of aromatic nitrogens is 6. The topological polar surface area (TPSA) is 81.7 Å². The second kappa shape index (κ2) is 6.70. The number of hydrogen-bond donors (Lipinski definition) is 0. The fourth-order valence-electron chi connectivity index (χ4n) is 3.41. The van der Waals surface area contributed by atoms with E-state index in [2.05, 4.69) is 20.1 Å². The fraction of sp³-hybridized carbons (Fsp3) is 0.389. The van der Waals surface area contributed by atoms with Crippen molar-refractivity contribution in [2.75, 3.05) is 13.1 Å². The lowest BCUT2D eigenvalue weighted by Crippen LogP contribution is -2.29. The second-order valence-corrected chi connectivity index (χ2v) is 6.74. The standard InChI is InChI=1S/C18H21N7O/c1-23-8-5-19-17(23)16-10-14(20-12-21-16)9-13-3-7-25(11-13)18(26)15-4-6-24(2)22-15/h4-6,8,10,12-13H,3,7,9,11H2,1-2H3/t13-/m1/s1. The van der Waals surface area contributed by atoms with Gasteiger partial charge in [-0.25, -0.2) is 15.0 Å². The van der Waals surface area contributed by atoms with Crippen LogP contribution in [0.2, 0.25) is 0 Å². The molecule has 1 fully saturated rings.